The van der Waals surface area contributed by atoms with Crippen molar-refractivity contribution in [2.45, 2.75) is 335 Å². The van der Waals surface area contributed by atoms with Crippen LogP contribution in [0.2, 0.25) is 0 Å². The predicted octanol–water partition coefficient (Wildman–Crippen LogP) is 24.3. The largest absolute Gasteiger partial charge is 0.462 e. The molecule has 474 valence electrons. The SMILES string of the molecule is CC/C=C\C/C=C\C/C=C\C/C=C\CCCCCCCCCCCCCCCCCCCCCCC(=O)OCC(COC(=O)CCCC/C=C\C/C=C\C/C=C\C/C=C\CC)OC(=O)CCCCCCCCC/C=C\C/C=C\CCCCC. The first-order chi connectivity index (χ1) is 41.0. The van der Waals surface area contributed by atoms with Crippen molar-refractivity contribution in [2.24, 2.45) is 0 Å². The van der Waals surface area contributed by atoms with Gasteiger partial charge in [0, 0.05) is 19.3 Å². The maximum absolute atomic E-state index is 12.9. The Kier molecular flexibility index (Phi) is 66.7. The third-order valence-electron chi connectivity index (χ3n) is 14.9. The minimum atomic E-state index is -0.801. The van der Waals surface area contributed by atoms with E-state index < -0.39 is 6.10 Å². The lowest BCUT2D eigenvalue weighted by atomic mass is 10.0. The average molecular weight is 1150 g/mol. The van der Waals surface area contributed by atoms with Crippen molar-refractivity contribution < 1.29 is 28.6 Å². The van der Waals surface area contributed by atoms with E-state index in [0.717, 1.165) is 122 Å². The summed E-state index contributed by atoms with van der Waals surface area (Å²) in [7, 11) is 0. The molecule has 0 aliphatic carbocycles. The Hall–Kier alpha value is -4.19. The van der Waals surface area contributed by atoms with E-state index >= 15 is 0 Å². The van der Waals surface area contributed by atoms with Crippen LogP contribution in [0.15, 0.2) is 122 Å². The van der Waals surface area contributed by atoms with Gasteiger partial charge in [0.1, 0.15) is 13.2 Å². The van der Waals surface area contributed by atoms with Gasteiger partial charge in [-0.1, -0.05) is 303 Å². The molecule has 0 spiro atoms. The molecule has 1 unspecified atom stereocenters. The highest BCUT2D eigenvalue weighted by Crippen LogP contribution is 2.17. The third kappa shape index (κ3) is 68.5. The van der Waals surface area contributed by atoms with Crippen molar-refractivity contribution in [1.82, 2.24) is 0 Å². The maximum Gasteiger partial charge on any atom is 0.306 e. The van der Waals surface area contributed by atoms with Crippen molar-refractivity contribution in [3.05, 3.63) is 122 Å². The number of carbonyl (C=O) groups excluding carboxylic acids is 3. The molecule has 0 radical (unpaired) electrons. The lowest BCUT2D eigenvalue weighted by Gasteiger charge is -2.18. The number of allylic oxidation sites excluding steroid dienone is 20. The molecule has 6 heteroatoms. The Bertz CT molecular complexity index is 1700. The van der Waals surface area contributed by atoms with Gasteiger partial charge in [0.05, 0.1) is 0 Å². The number of esters is 3. The first-order valence-electron chi connectivity index (χ1n) is 35.0. The zero-order chi connectivity index (χ0) is 59.9. The van der Waals surface area contributed by atoms with E-state index in [0.29, 0.717) is 19.3 Å². The zero-order valence-corrected chi connectivity index (χ0v) is 54.4. The number of hydrogen-bond acceptors (Lipinski definition) is 6. The number of rotatable bonds is 63. The van der Waals surface area contributed by atoms with Crippen molar-refractivity contribution >= 4 is 17.9 Å². The van der Waals surface area contributed by atoms with Gasteiger partial charge in [0.25, 0.3) is 0 Å². The van der Waals surface area contributed by atoms with Crippen LogP contribution in [0.1, 0.15) is 329 Å². The van der Waals surface area contributed by atoms with Crippen LogP contribution in [0.25, 0.3) is 0 Å². The predicted molar refractivity (Wildman–Crippen MR) is 362 cm³/mol. The highest BCUT2D eigenvalue weighted by molar-refractivity contribution is 5.71. The van der Waals surface area contributed by atoms with Gasteiger partial charge in [-0.25, -0.2) is 0 Å². The molecule has 0 aromatic carbocycles. The molecule has 0 N–H and O–H groups in total. The molecule has 1 atom stereocenters. The van der Waals surface area contributed by atoms with E-state index in [-0.39, 0.29) is 31.1 Å². The van der Waals surface area contributed by atoms with E-state index in [1.54, 1.807) is 0 Å². The minimum Gasteiger partial charge on any atom is -0.462 e. The van der Waals surface area contributed by atoms with E-state index in [2.05, 4.69) is 142 Å². The summed E-state index contributed by atoms with van der Waals surface area (Å²) in [5.74, 6) is -0.933. The molecule has 0 aromatic heterocycles. The Labute approximate surface area is 513 Å². The Morgan fingerprint density at radius 2 is 0.470 bits per heavy atom. The minimum absolute atomic E-state index is 0.0933. The quantitative estimate of drug-likeness (QED) is 0.0261. The molecule has 0 rings (SSSR count). The monoisotopic (exact) mass is 1150 g/mol. The first kappa shape index (κ1) is 78.8. The third-order valence-corrected chi connectivity index (χ3v) is 14.9. The number of carbonyl (C=O) groups is 3. The lowest BCUT2D eigenvalue weighted by Crippen LogP contribution is -2.30. The Morgan fingerprint density at radius 3 is 0.759 bits per heavy atom. The van der Waals surface area contributed by atoms with Crippen LogP contribution in [-0.2, 0) is 28.6 Å². The average Bonchev–Trinajstić information content (AvgIpc) is 3.49. The number of unbranched alkanes of at least 4 members (excludes halogenated alkanes) is 32. The van der Waals surface area contributed by atoms with E-state index in [4.69, 9.17) is 14.2 Å². The van der Waals surface area contributed by atoms with Gasteiger partial charge in [-0.05, 0) is 128 Å². The number of ether oxygens (including phenoxy) is 3. The molecule has 6 nitrogen and oxygen atoms in total. The van der Waals surface area contributed by atoms with Crippen molar-refractivity contribution in [1.29, 1.82) is 0 Å². The molecule has 0 aliphatic heterocycles. The summed E-state index contributed by atoms with van der Waals surface area (Å²) in [6, 6.07) is 0. The van der Waals surface area contributed by atoms with Crippen LogP contribution >= 0.6 is 0 Å². The topological polar surface area (TPSA) is 78.9 Å². The molecule has 0 amide bonds. The van der Waals surface area contributed by atoms with Gasteiger partial charge in [-0.2, -0.15) is 0 Å². The first-order valence-corrected chi connectivity index (χ1v) is 35.0. The van der Waals surface area contributed by atoms with E-state index in [1.165, 1.54) is 167 Å². The van der Waals surface area contributed by atoms with Crippen molar-refractivity contribution in [3.63, 3.8) is 0 Å². The summed E-state index contributed by atoms with van der Waals surface area (Å²) in [6.07, 6.45) is 98.1. The Balaban J connectivity index is 4.22. The van der Waals surface area contributed by atoms with Gasteiger partial charge in [0.15, 0.2) is 6.10 Å². The van der Waals surface area contributed by atoms with E-state index in [9.17, 15) is 14.4 Å². The molecule has 0 fully saturated rings. The van der Waals surface area contributed by atoms with Crippen molar-refractivity contribution in [3.8, 4) is 0 Å². The molecule has 0 bridgehead atoms. The van der Waals surface area contributed by atoms with Gasteiger partial charge in [0.2, 0.25) is 0 Å². The fourth-order valence-electron chi connectivity index (χ4n) is 9.75. The molecular weight excluding hydrogens is 1020 g/mol. The molecular formula is C77H130O6. The van der Waals surface area contributed by atoms with Crippen LogP contribution in [0.4, 0.5) is 0 Å². The second-order valence-electron chi connectivity index (χ2n) is 23.0. The van der Waals surface area contributed by atoms with E-state index in [1.807, 2.05) is 0 Å². The van der Waals surface area contributed by atoms with Gasteiger partial charge in [-0.15, -0.1) is 0 Å². The second-order valence-corrected chi connectivity index (χ2v) is 23.0. The van der Waals surface area contributed by atoms with Crippen LogP contribution < -0.4 is 0 Å². The standard InChI is InChI=1S/C77H130O6/c1-4-7-10-13-16-19-22-25-28-30-31-32-33-34-35-36-37-38-39-40-41-42-43-44-45-47-49-52-55-58-61-64-67-70-76(79)82-73-74(72-81-75(78)69-66-63-60-57-54-51-48-27-24-21-18-15-12-9-6-3)83-77(80)71-68-65-62-59-56-53-50-46-29-26-23-20-17-14-11-8-5-2/h7,9-10,12,16-21,25-29,31-32,48,54,57,74H,4-6,8,11,13-15,22-24,30,33-47,49-53,55-56,58-73H2,1-3H3/b10-7-,12-9-,19-16-,20-17-,21-18-,28-25-,29-26-,32-31-,48-27-,57-54-. The molecule has 0 saturated heterocycles. The van der Waals surface area contributed by atoms with Gasteiger partial charge in [-0.3, -0.25) is 14.4 Å². The molecule has 0 saturated carbocycles. The highest BCUT2D eigenvalue weighted by atomic mass is 16.6. The van der Waals surface area contributed by atoms with Gasteiger partial charge < -0.3 is 14.2 Å². The summed E-state index contributed by atoms with van der Waals surface area (Å²) in [5.41, 5.74) is 0. The molecule has 83 heavy (non-hydrogen) atoms. The molecule has 0 aromatic rings. The summed E-state index contributed by atoms with van der Waals surface area (Å²) in [4.78, 5) is 38.4. The van der Waals surface area contributed by atoms with Crippen LogP contribution in [0.5, 0.6) is 0 Å². The fraction of sp³-hybridized carbons (Fsp3) is 0.701. The normalized spacial score (nSPS) is 12.9. The van der Waals surface area contributed by atoms with Crippen LogP contribution in [0, 0.1) is 0 Å². The zero-order valence-electron chi connectivity index (χ0n) is 54.4. The molecule has 0 aliphatic rings. The Morgan fingerprint density at radius 1 is 0.253 bits per heavy atom. The van der Waals surface area contributed by atoms with Crippen molar-refractivity contribution in [2.75, 3.05) is 13.2 Å². The second kappa shape index (κ2) is 70.3. The fourth-order valence-corrected chi connectivity index (χ4v) is 9.75. The maximum atomic E-state index is 12.9. The van der Waals surface area contributed by atoms with Crippen LogP contribution in [0.3, 0.4) is 0 Å². The smallest absolute Gasteiger partial charge is 0.306 e. The summed E-state index contributed by atoms with van der Waals surface area (Å²) in [5, 5.41) is 0. The molecule has 0 heterocycles. The number of hydrogen-bond donors (Lipinski definition) is 0. The lowest BCUT2D eigenvalue weighted by molar-refractivity contribution is -0.167. The summed E-state index contributed by atoms with van der Waals surface area (Å²) in [6.45, 7) is 6.37. The summed E-state index contributed by atoms with van der Waals surface area (Å²) >= 11 is 0. The highest BCUT2D eigenvalue weighted by Gasteiger charge is 2.19. The van der Waals surface area contributed by atoms with Gasteiger partial charge >= 0.3 is 17.9 Å². The summed E-state index contributed by atoms with van der Waals surface area (Å²) < 4.78 is 16.9. The van der Waals surface area contributed by atoms with Crippen LogP contribution in [-0.4, -0.2) is 37.2 Å².